The summed E-state index contributed by atoms with van der Waals surface area (Å²) in [6.07, 6.45) is 4.64. The van der Waals surface area contributed by atoms with Gasteiger partial charge in [0.15, 0.2) is 0 Å². The predicted molar refractivity (Wildman–Crippen MR) is 86.0 cm³/mol. The highest BCUT2D eigenvalue weighted by molar-refractivity contribution is 7.09. The predicted octanol–water partition coefficient (Wildman–Crippen LogP) is 3.77. The molecule has 0 aliphatic rings. The quantitative estimate of drug-likeness (QED) is 0.728. The van der Waals surface area contributed by atoms with Gasteiger partial charge in [-0.15, -0.1) is 11.3 Å². The van der Waals surface area contributed by atoms with Crippen LogP contribution < -0.4 is 5.32 Å². The van der Waals surface area contributed by atoms with E-state index in [4.69, 9.17) is 4.98 Å². The topological polar surface area (TPSA) is 53.6 Å². The number of nitrogens with zero attached hydrogens (tertiary/aromatic N) is 2. The van der Waals surface area contributed by atoms with Crippen LogP contribution in [0, 0.1) is 0 Å². The molecule has 0 saturated heterocycles. The largest absolute Gasteiger partial charge is 0.347 e. The van der Waals surface area contributed by atoms with Crippen LogP contribution in [-0.2, 0) is 6.54 Å². The molecule has 2 N–H and O–H groups in total. The van der Waals surface area contributed by atoms with Crippen molar-refractivity contribution < 1.29 is 0 Å². The van der Waals surface area contributed by atoms with Crippen molar-refractivity contribution in [2.75, 3.05) is 0 Å². The van der Waals surface area contributed by atoms with E-state index in [2.05, 4.69) is 39.7 Å². The second-order valence-electron chi connectivity index (χ2n) is 4.81. The van der Waals surface area contributed by atoms with Crippen molar-refractivity contribution >= 4 is 11.3 Å². The molecule has 0 aliphatic carbocycles. The molecule has 0 fully saturated rings. The van der Waals surface area contributed by atoms with Crippen LogP contribution in [-0.4, -0.2) is 15.0 Å². The van der Waals surface area contributed by atoms with Gasteiger partial charge in [-0.1, -0.05) is 37.3 Å². The monoisotopic (exact) mass is 298 g/mol. The van der Waals surface area contributed by atoms with Crippen molar-refractivity contribution in [1.29, 1.82) is 0 Å². The van der Waals surface area contributed by atoms with Gasteiger partial charge in [-0.3, -0.25) is 0 Å². The summed E-state index contributed by atoms with van der Waals surface area (Å²) in [4.78, 5) is 12.2. The molecule has 1 unspecified atom stereocenters. The summed E-state index contributed by atoms with van der Waals surface area (Å²) >= 11 is 1.69. The standard InChI is InChI=1S/C16H18N4S/c1-2-13(16-17-8-9-18-16)19-10-15-20-14(11-21-15)12-6-4-3-5-7-12/h3-9,11,13,19H,2,10H2,1H3,(H,17,18). The zero-order valence-electron chi connectivity index (χ0n) is 11.9. The highest BCUT2D eigenvalue weighted by Crippen LogP contribution is 2.22. The van der Waals surface area contributed by atoms with Crippen LogP contribution in [0.5, 0.6) is 0 Å². The van der Waals surface area contributed by atoms with Gasteiger partial charge in [0.2, 0.25) is 0 Å². The van der Waals surface area contributed by atoms with Gasteiger partial charge in [-0.25, -0.2) is 9.97 Å². The number of nitrogens with one attached hydrogen (secondary N) is 2. The summed E-state index contributed by atoms with van der Waals surface area (Å²) in [5, 5.41) is 6.71. The van der Waals surface area contributed by atoms with E-state index in [9.17, 15) is 0 Å². The summed E-state index contributed by atoms with van der Waals surface area (Å²) in [5.41, 5.74) is 2.21. The van der Waals surface area contributed by atoms with E-state index < -0.39 is 0 Å². The molecule has 0 aliphatic heterocycles. The molecule has 1 aromatic carbocycles. The number of imidazole rings is 1. The van der Waals surface area contributed by atoms with Gasteiger partial charge in [0, 0.05) is 29.9 Å². The number of thiazole rings is 1. The zero-order valence-corrected chi connectivity index (χ0v) is 12.7. The molecule has 0 bridgehead atoms. The molecule has 0 saturated carbocycles. The van der Waals surface area contributed by atoms with Crippen LogP contribution in [0.15, 0.2) is 48.1 Å². The van der Waals surface area contributed by atoms with Crippen LogP contribution in [0.25, 0.3) is 11.3 Å². The number of benzene rings is 1. The smallest absolute Gasteiger partial charge is 0.123 e. The van der Waals surface area contributed by atoms with Crippen molar-refractivity contribution in [3.8, 4) is 11.3 Å². The Morgan fingerprint density at radius 3 is 2.86 bits per heavy atom. The maximum absolute atomic E-state index is 4.69. The number of hydrogen-bond acceptors (Lipinski definition) is 4. The summed E-state index contributed by atoms with van der Waals surface area (Å²) in [6, 6.07) is 10.5. The molecular formula is C16H18N4S. The Morgan fingerprint density at radius 1 is 1.29 bits per heavy atom. The fourth-order valence-electron chi connectivity index (χ4n) is 2.25. The van der Waals surface area contributed by atoms with Crippen LogP contribution in [0.2, 0.25) is 0 Å². The van der Waals surface area contributed by atoms with Gasteiger partial charge in [0.1, 0.15) is 10.8 Å². The van der Waals surface area contributed by atoms with Crippen LogP contribution >= 0.6 is 11.3 Å². The molecule has 2 aromatic heterocycles. The summed E-state index contributed by atoms with van der Waals surface area (Å²) < 4.78 is 0. The molecular weight excluding hydrogens is 280 g/mol. The normalized spacial score (nSPS) is 12.4. The third-order valence-corrected chi connectivity index (χ3v) is 4.23. The van der Waals surface area contributed by atoms with Crippen molar-refractivity contribution in [2.24, 2.45) is 0 Å². The van der Waals surface area contributed by atoms with Crippen LogP contribution in [0.3, 0.4) is 0 Å². The second kappa shape index (κ2) is 6.65. The minimum Gasteiger partial charge on any atom is -0.347 e. The first-order valence-corrected chi connectivity index (χ1v) is 7.97. The number of hydrogen-bond donors (Lipinski definition) is 2. The van der Waals surface area contributed by atoms with Crippen LogP contribution in [0.4, 0.5) is 0 Å². The van der Waals surface area contributed by atoms with Crippen molar-refractivity contribution in [1.82, 2.24) is 20.3 Å². The SMILES string of the molecule is CCC(NCc1nc(-c2ccccc2)cs1)c1ncc[nH]1. The molecule has 5 heteroatoms. The fourth-order valence-corrected chi connectivity index (χ4v) is 3.00. The first kappa shape index (κ1) is 14.0. The van der Waals surface area contributed by atoms with Crippen LogP contribution in [0.1, 0.15) is 30.2 Å². The summed E-state index contributed by atoms with van der Waals surface area (Å²) in [6.45, 7) is 2.91. The van der Waals surface area contributed by atoms with E-state index in [0.717, 1.165) is 35.1 Å². The van der Waals surface area contributed by atoms with Gasteiger partial charge in [-0.2, -0.15) is 0 Å². The lowest BCUT2D eigenvalue weighted by Crippen LogP contribution is -2.21. The van der Waals surface area contributed by atoms with Gasteiger partial charge >= 0.3 is 0 Å². The molecule has 0 amide bonds. The third kappa shape index (κ3) is 3.37. The lowest BCUT2D eigenvalue weighted by atomic mass is 10.2. The van der Waals surface area contributed by atoms with Gasteiger partial charge in [0.25, 0.3) is 0 Å². The highest BCUT2D eigenvalue weighted by Gasteiger charge is 2.12. The Hall–Kier alpha value is -1.98. The number of rotatable bonds is 6. The highest BCUT2D eigenvalue weighted by atomic mass is 32.1. The number of aromatic nitrogens is 3. The van der Waals surface area contributed by atoms with Gasteiger partial charge in [-0.05, 0) is 6.42 Å². The molecule has 4 nitrogen and oxygen atoms in total. The first-order chi connectivity index (χ1) is 10.4. The third-order valence-electron chi connectivity index (χ3n) is 3.38. The Morgan fingerprint density at radius 2 is 2.14 bits per heavy atom. The average molecular weight is 298 g/mol. The van der Waals surface area contributed by atoms with Crippen molar-refractivity contribution in [3.63, 3.8) is 0 Å². The molecule has 0 spiro atoms. The Balaban J connectivity index is 1.65. The number of H-pyrrole nitrogens is 1. The van der Waals surface area contributed by atoms with Crippen molar-refractivity contribution in [2.45, 2.75) is 25.9 Å². The van der Waals surface area contributed by atoms with Gasteiger partial charge in [0.05, 0.1) is 11.7 Å². The Bertz CT molecular complexity index is 661. The zero-order chi connectivity index (χ0) is 14.5. The second-order valence-corrected chi connectivity index (χ2v) is 5.75. The van der Waals surface area contributed by atoms with Gasteiger partial charge < -0.3 is 10.3 Å². The Kier molecular flexibility index (Phi) is 4.43. The maximum Gasteiger partial charge on any atom is 0.123 e. The molecule has 21 heavy (non-hydrogen) atoms. The van der Waals surface area contributed by atoms with E-state index in [1.54, 1.807) is 17.5 Å². The van der Waals surface area contributed by atoms with Crippen molar-refractivity contribution in [3.05, 3.63) is 58.9 Å². The average Bonchev–Trinajstić information content (AvgIpc) is 3.20. The van der Waals surface area contributed by atoms with E-state index in [0.29, 0.717) is 0 Å². The van der Waals surface area contributed by atoms with E-state index >= 15 is 0 Å². The lowest BCUT2D eigenvalue weighted by molar-refractivity contribution is 0.497. The fraction of sp³-hybridized carbons (Fsp3) is 0.250. The molecule has 3 rings (SSSR count). The molecule has 2 heterocycles. The minimum absolute atomic E-state index is 0.240. The molecule has 108 valence electrons. The lowest BCUT2D eigenvalue weighted by Gasteiger charge is -2.13. The molecule has 3 aromatic rings. The molecule has 0 radical (unpaired) electrons. The first-order valence-electron chi connectivity index (χ1n) is 7.09. The van der Waals surface area contributed by atoms with E-state index in [1.807, 2.05) is 24.4 Å². The number of aromatic amines is 1. The summed E-state index contributed by atoms with van der Waals surface area (Å²) in [5.74, 6) is 0.984. The van der Waals surface area contributed by atoms with E-state index in [-0.39, 0.29) is 6.04 Å². The van der Waals surface area contributed by atoms with E-state index in [1.165, 1.54) is 0 Å². The summed E-state index contributed by atoms with van der Waals surface area (Å²) in [7, 11) is 0. The molecule has 1 atom stereocenters. The minimum atomic E-state index is 0.240. The maximum atomic E-state index is 4.69. The Labute approximate surface area is 128 Å².